The smallest absolute Gasteiger partial charge is 0.253 e. The van der Waals surface area contributed by atoms with Crippen LogP contribution in [0.3, 0.4) is 0 Å². The Labute approximate surface area is 153 Å². The van der Waals surface area contributed by atoms with Crippen LogP contribution in [-0.2, 0) is 0 Å². The maximum absolute atomic E-state index is 12.7. The maximum Gasteiger partial charge on any atom is 0.253 e. The van der Waals surface area contributed by atoms with Gasteiger partial charge in [0.2, 0.25) is 0 Å². The Bertz CT molecular complexity index is 947. The Morgan fingerprint density at radius 1 is 1.04 bits per heavy atom. The predicted molar refractivity (Wildman–Crippen MR) is 106 cm³/mol. The van der Waals surface area contributed by atoms with E-state index in [9.17, 15) is 4.79 Å². The molecule has 1 aliphatic heterocycles. The van der Waals surface area contributed by atoms with Gasteiger partial charge in [0.25, 0.3) is 5.91 Å². The minimum Gasteiger partial charge on any atom is -0.398 e. The molecule has 0 spiro atoms. The minimum atomic E-state index is -0.0882. The molecule has 0 saturated carbocycles. The highest BCUT2D eigenvalue weighted by Crippen LogP contribution is 2.29. The van der Waals surface area contributed by atoms with Gasteiger partial charge in [-0.05, 0) is 38.1 Å². The summed E-state index contributed by atoms with van der Waals surface area (Å²) in [5, 5.41) is 4.79. The van der Waals surface area contributed by atoms with Crippen LogP contribution in [0.2, 0.25) is 0 Å². The average Bonchev–Trinajstić information content (AvgIpc) is 2.68. The molecule has 5 heteroatoms. The van der Waals surface area contributed by atoms with Crippen LogP contribution in [0.15, 0.2) is 42.5 Å². The van der Waals surface area contributed by atoms with Crippen LogP contribution in [0.1, 0.15) is 29.6 Å². The highest BCUT2D eigenvalue weighted by atomic mass is 16.1. The van der Waals surface area contributed by atoms with Crippen molar-refractivity contribution in [1.29, 1.82) is 0 Å². The molecule has 26 heavy (non-hydrogen) atoms. The van der Waals surface area contributed by atoms with E-state index in [-0.39, 0.29) is 5.91 Å². The highest BCUT2D eigenvalue weighted by molar-refractivity contribution is 6.13. The van der Waals surface area contributed by atoms with Gasteiger partial charge in [-0.2, -0.15) is 0 Å². The third-order valence-corrected chi connectivity index (χ3v) is 5.16. The van der Waals surface area contributed by atoms with Crippen molar-refractivity contribution in [3.8, 4) is 0 Å². The zero-order chi connectivity index (χ0) is 17.9. The van der Waals surface area contributed by atoms with Crippen molar-refractivity contribution in [3.05, 3.63) is 48.0 Å². The molecular formula is C21H24N4O. The number of hydrogen-bond donors (Lipinski definition) is 2. The van der Waals surface area contributed by atoms with Crippen LogP contribution in [-0.4, -0.2) is 42.0 Å². The van der Waals surface area contributed by atoms with Crippen LogP contribution in [0.4, 0.5) is 5.69 Å². The first-order valence-corrected chi connectivity index (χ1v) is 9.31. The van der Waals surface area contributed by atoms with Crippen LogP contribution in [0.5, 0.6) is 0 Å². The monoisotopic (exact) mass is 348 g/mol. The number of nitrogens with zero attached hydrogens (tertiary/aromatic N) is 2. The van der Waals surface area contributed by atoms with Crippen LogP contribution in [0, 0.1) is 0 Å². The molecule has 1 saturated heterocycles. The van der Waals surface area contributed by atoms with Gasteiger partial charge >= 0.3 is 0 Å². The Morgan fingerprint density at radius 2 is 1.81 bits per heavy atom. The molecule has 2 aromatic carbocycles. The van der Waals surface area contributed by atoms with Gasteiger partial charge in [0.05, 0.1) is 22.3 Å². The first kappa shape index (κ1) is 16.8. The van der Waals surface area contributed by atoms with Crippen molar-refractivity contribution in [3.63, 3.8) is 0 Å². The lowest BCUT2D eigenvalue weighted by Crippen LogP contribution is -2.37. The van der Waals surface area contributed by atoms with Gasteiger partial charge in [0.15, 0.2) is 0 Å². The number of amides is 1. The van der Waals surface area contributed by atoms with E-state index in [0.29, 0.717) is 23.3 Å². The van der Waals surface area contributed by atoms with E-state index in [1.807, 2.05) is 42.5 Å². The van der Waals surface area contributed by atoms with E-state index in [1.165, 1.54) is 19.3 Å². The number of rotatable bonds is 4. The number of nitrogens with one attached hydrogen (secondary N) is 1. The number of carbonyl (C=O) groups is 1. The number of nitrogen functional groups attached to an aromatic ring is 1. The van der Waals surface area contributed by atoms with E-state index in [2.05, 4.69) is 10.2 Å². The number of pyridine rings is 1. The fraction of sp³-hybridized carbons (Fsp3) is 0.333. The molecule has 0 unspecified atom stereocenters. The molecule has 0 aliphatic carbocycles. The van der Waals surface area contributed by atoms with E-state index < -0.39 is 0 Å². The average molecular weight is 348 g/mol. The number of anilines is 1. The number of piperidine rings is 1. The molecule has 1 aromatic heterocycles. The summed E-state index contributed by atoms with van der Waals surface area (Å²) < 4.78 is 0. The molecule has 5 nitrogen and oxygen atoms in total. The lowest BCUT2D eigenvalue weighted by molar-refractivity contribution is 0.0948. The van der Waals surface area contributed by atoms with Crippen molar-refractivity contribution in [1.82, 2.24) is 15.2 Å². The fourth-order valence-electron chi connectivity index (χ4n) is 3.73. The van der Waals surface area contributed by atoms with Crippen molar-refractivity contribution in [2.24, 2.45) is 0 Å². The second kappa shape index (κ2) is 7.30. The molecule has 1 aliphatic rings. The predicted octanol–water partition coefficient (Wildman–Crippen LogP) is 3.19. The number of carbonyl (C=O) groups excluding carboxylic acids is 1. The second-order valence-electron chi connectivity index (χ2n) is 6.90. The largest absolute Gasteiger partial charge is 0.398 e. The quantitative estimate of drug-likeness (QED) is 0.711. The highest BCUT2D eigenvalue weighted by Gasteiger charge is 2.15. The van der Waals surface area contributed by atoms with E-state index in [0.717, 1.165) is 35.9 Å². The number of fused-ring (bicyclic) bond motifs is 2. The molecule has 2 heterocycles. The van der Waals surface area contributed by atoms with E-state index in [4.69, 9.17) is 10.7 Å². The van der Waals surface area contributed by atoms with Crippen LogP contribution < -0.4 is 11.1 Å². The third kappa shape index (κ3) is 3.22. The molecule has 0 radical (unpaired) electrons. The molecule has 0 atom stereocenters. The van der Waals surface area contributed by atoms with Crippen LogP contribution >= 0.6 is 0 Å². The molecule has 3 N–H and O–H groups in total. The van der Waals surface area contributed by atoms with Crippen molar-refractivity contribution < 1.29 is 4.79 Å². The second-order valence-corrected chi connectivity index (χ2v) is 6.90. The lowest BCUT2D eigenvalue weighted by Gasteiger charge is -2.26. The zero-order valence-corrected chi connectivity index (χ0v) is 14.9. The van der Waals surface area contributed by atoms with Crippen molar-refractivity contribution >= 4 is 33.4 Å². The number of aromatic nitrogens is 1. The first-order valence-electron chi connectivity index (χ1n) is 9.31. The molecule has 134 valence electrons. The molecule has 1 fully saturated rings. The molecule has 4 rings (SSSR count). The summed E-state index contributed by atoms with van der Waals surface area (Å²) in [5.41, 5.74) is 9.08. The van der Waals surface area contributed by atoms with Gasteiger partial charge < -0.3 is 16.0 Å². The molecule has 3 aromatic rings. The third-order valence-electron chi connectivity index (χ3n) is 5.16. The SMILES string of the molecule is Nc1c2ccccc2nc2c(C(=O)NCCN3CCCCC3)cccc12. The summed E-state index contributed by atoms with van der Waals surface area (Å²) in [6, 6.07) is 13.4. The summed E-state index contributed by atoms with van der Waals surface area (Å²) in [4.78, 5) is 19.9. The van der Waals surface area contributed by atoms with Crippen molar-refractivity contribution in [2.45, 2.75) is 19.3 Å². The van der Waals surface area contributed by atoms with Crippen LogP contribution in [0.25, 0.3) is 21.8 Å². The standard InChI is InChI=1S/C21H24N4O/c22-19-15-7-2-3-10-18(15)24-20-16(19)8-6-9-17(20)21(26)23-11-14-25-12-4-1-5-13-25/h2-3,6-10H,1,4-5,11-14H2,(H2,22,24)(H,23,26). The molecular weight excluding hydrogens is 324 g/mol. The lowest BCUT2D eigenvalue weighted by atomic mass is 10.0. The van der Waals surface area contributed by atoms with Crippen molar-refractivity contribution in [2.75, 3.05) is 31.9 Å². The number of para-hydroxylation sites is 2. The summed E-state index contributed by atoms with van der Waals surface area (Å²) in [7, 11) is 0. The summed E-state index contributed by atoms with van der Waals surface area (Å²) in [6.07, 6.45) is 3.83. The normalized spacial score (nSPS) is 15.4. The number of hydrogen-bond acceptors (Lipinski definition) is 4. The first-order chi connectivity index (χ1) is 12.7. The summed E-state index contributed by atoms with van der Waals surface area (Å²) in [5.74, 6) is -0.0882. The van der Waals surface area contributed by atoms with Gasteiger partial charge in [-0.1, -0.05) is 36.8 Å². The number of nitrogens with two attached hydrogens (primary N) is 1. The Kier molecular flexibility index (Phi) is 4.71. The van der Waals surface area contributed by atoms with E-state index in [1.54, 1.807) is 0 Å². The van der Waals surface area contributed by atoms with Gasteiger partial charge in [-0.3, -0.25) is 4.79 Å². The molecule has 1 amide bonds. The Balaban J connectivity index is 1.58. The van der Waals surface area contributed by atoms with Gasteiger partial charge in [0, 0.05) is 23.9 Å². The number of benzene rings is 2. The zero-order valence-electron chi connectivity index (χ0n) is 14.9. The summed E-state index contributed by atoms with van der Waals surface area (Å²) in [6.45, 7) is 3.82. The van der Waals surface area contributed by atoms with E-state index >= 15 is 0 Å². The summed E-state index contributed by atoms with van der Waals surface area (Å²) >= 11 is 0. The minimum absolute atomic E-state index is 0.0882. The maximum atomic E-state index is 12.7. The number of likely N-dealkylation sites (tertiary alicyclic amines) is 1. The fourth-order valence-corrected chi connectivity index (χ4v) is 3.73. The Hall–Kier alpha value is -2.66. The Morgan fingerprint density at radius 3 is 2.65 bits per heavy atom. The molecule has 0 bridgehead atoms. The van der Waals surface area contributed by atoms with Gasteiger partial charge in [0.1, 0.15) is 0 Å². The van der Waals surface area contributed by atoms with Gasteiger partial charge in [-0.25, -0.2) is 4.98 Å². The topological polar surface area (TPSA) is 71.2 Å². The van der Waals surface area contributed by atoms with Gasteiger partial charge in [-0.15, -0.1) is 0 Å².